The number of carbonyl (C=O) groups excluding carboxylic acids is 2. The summed E-state index contributed by atoms with van der Waals surface area (Å²) >= 11 is 7.29. The number of hydrogen-bond donors (Lipinski definition) is 2. The number of carbonyl (C=O) groups is 2. The first-order chi connectivity index (χ1) is 16.8. The molecule has 1 aromatic heterocycles. The van der Waals surface area contributed by atoms with E-state index >= 15 is 0 Å². The third kappa shape index (κ3) is 6.86. The molecule has 0 saturated carbocycles. The summed E-state index contributed by atoms with van der Waals surface area (Å²) in [6.07, 6.45) is 1.73. The molecule has 35 heavy (non-hydrogen) atoms. The molecule has 0 aliphatic carbocycles. The van der Waals surface area contributed by atoms with Gasteiger partial charge in [0.05, 0.1) is 24.6 Å². The first-order valence-corrected chi connectivity index (χ1v) is 12.4. The first-order valence-electron chi connectivity index (χ1n) is 11.0. The molecular formula is C25H28ClN5O3S. The summed E-state index contributed by atoms with van der Waals surface area (Å²) in [5, 5.41) is 15.6. The number of amides is 2. The van der Waals surface area contributed by atoms with E-state index in [2.05, 4.69) is 27.4 Å². The van der Waals surface area contributed by atoms with Crippen molar-refractivity contribution in [1.29, 1.82) is 0 Å². The van der Waals surface area contributed by atoms with Gasteiger partial charge in [-0.15, -0.1) is 16.8 Å². The second-order valence-corrected chi connectivity index (χ2v) is 9.36. The van der Waals surface area contributed by atoms with Crippen molar-refractivity contribution in [2.24, 2.45) is 5.92 Å². The van der Waals surface area contributed by atoms with Crippen molar-refractivity contribution in [3.8, 4) is 5.75 Å². The summed E-state index contributed by atoms with van der Waals surface area (Å²) in [5.41, 5.74) is 1.05. The summed E-state index contributed by atoms with van der Waals surface area (Å²) < 4.78 is 7.14. The van der Waals surface area contributed by atoms with E-state index in [4.69, 9.17) is 16.3 Å². The Morgan fingerprint density at radius 1 is 1.20 bits per heavy atom. The predicted molar refractivity (Wildman–Crippen MR) is 139 cm³/mol. The number of anilines is 1. The Balaban J connectivity index is 1.75. The van der Waals surface area contributed by atoms with Gasteiger partial charge >= 0.3 is 0 Å². The topological polar surface area (TPSA) is 98.1 Å². The van der Waals surface area contributed by atoms with Crippen LogP contribution in [0.1, 0.15) is 36.1 Å². The highest BCUT2D eigenvalue weighted by atomic mass is 35.5. The minimum absolute atomic E-state index is 0.0480. The standard InChI is InChI=1S/C25H28ClN5O3S/c1-5-13-31-23(22(16(2)3)28-24(33)17-9-7-6-8-10-17)29-30-25(31)35-15-21(32)27-19-14-18(26)11-12-20(19)34-4/h5-12,14,16,22H,1,13,15H2,2-4H3,(H,27,32)(H,28,33)/t22-/m0/s1. The Morgan fingerprint density at radius 3 is 2.60 bits per heavy atom. The van der Waals surface area contributed by atoms with Crippen LogP contribution in [0, 0.1) is 5.92 Å². The molecule has 0 aliphatic rings. The molecular weight excluding hydrogens is 486 g/mol. The normalized spacial score (nSPS) is 11.7. The van der Waals surface area contributed by atoms with Gasteiger partial charge in [0.1, 0.15) is 5.75 Å². The molecule has 8 nitrogen and oxygen atoms in total. The third-order valence-corrected chi connectivity index (χ3v) is 6.29. The summed E-state index contributed by atoms with van der Waals surface area (Å²) in [4.78, 5) is 25.4. The van der Waals surface area contributed by atoms with E-state index in [0.29, 0.717) is 39.5 Å². The fourth-order valence-electron chi connectivity index (χ4n) is 3.38. The molecule has 0 fully saturated rings. The van der Waals surface area contributed by atoms with Gasteiger partial charge in [-0.05, 0) is 36.2 Å². The lowest BCUT2D eigenvalue weighted by Gasteiger charge is -2.22. The number of benzene rings is 2. The second-order valence-electron chi connectivity index (χ2n) is 7.98. The van der Waals surface area contributed by atoms with E-state index in [1.807, 2.05) is 36.6 Å². The molecule has 0 aliphatic heterocycles. The average molecular weight is 514 g/mol. The van der Waals surface area contributed by atoms with Crippen molar-refractivity contribution in [3.05, 3.63) is 77.6 Å². The monoisotopic (exact) mass is 513 g/mol. The van der Waals surface area contributed by atoms with Crippen molar-refractivity contribution in [1.82, 2.24) is 20.1 Å². The predicted octanol–water partition coefficient (Wildman–Crippen LogP) is 4.98. The maximum Gasteiger partial charge on any atom is 0.251 e. The highest BCUT2D eigenvalue weighted by molar-refractivity contribution is 7.99. The Kier molecular flexibility index (Phi) is 9.33. The van der Waals surface area contributed by atoms with Crippen molar-refractivity contribution in [3.63, 3.8) is 0 Å². The van der Waals surface area contributed by atoms with Crippen molar-refractivity contribution in [2.45, 2.75) is 31.6 Å². The van der Waals surface area contributed by atoms with E-state index in [1.165, 1.54) is 18.9 Å². The van der Waals surface area contributed by atoms with Crippen LogP contribution >= 0.6 is 23.4 Å². The van der Waals surface area contributed by atoms with Gasteiger partial charge in [-0.1, -0.05) is 61.5 Å². The number of nitrogens with one attached hydrogen (secondary N) is 2. The zero-order valence-corrected chi connectivity index (χ0v) is 21.4. The second kappa shape index (κ2) is 12.4. The molecule has 184 valence electrons. The molecule has 3 rings (SSSR count). The molecule has 0 bridgehead atoms. The maximum atomic E-state index is 12.8. The highest BCUT2D eigenvalue weighted by Crippen LogP contribution is 2.29. The number of methoxy groups -OCH3 is 1. The average Bonchev–Trinajstić information content (AvgIpc) is 3.24. The molecule has 0 spiro atoms. The zero-order valence-electron chi connectivity index (χ0n) is 19.8. The lowest BCUT2D eigenvalue weighted by Crippen LogP contribution is -2.33. The third-order valence-electron chi connectivity index (χ3n) is 5.09. The lowest BCUT2D eigenvalue weighted by molar-refractivity contribution is -0.113. The molecule has 2 aromatic carbocycles. The Labute approximate surface area is 214 Å². The quantitative estimate of drug-likeness (QED) is 0.277. The Bertz CT molecular complexity index is 1180. The fourth-order valence-corrected chi connectivity index (χ4v) is 4.30. The number of aromatic nitrogens is 3. The van der Waals surface area contributed by atoms with E-state index in [1.54, 1.807) is 36.4 Å². The minimum atomic E-state index is -0.381. The molecule has 1 atom stereocenters. The van der Waals surface area contributed by atoms with Crippen LogP contribution in [0.3, 0.4) is 0 Å². The van der Waals surface area contributed by atoms with Crippen LogP contribution < -0.4 is 15.4 Å². The van der Waals surface area contributed by atoms with Crippen LogP contribution in [-0.4, -0.2) is 39.4 Å². The van der Waals surface area contributed by atoms with Gasteiger partial charge < -0.3 is 19.9 Å². The van der Waals surface area contributed by atoms with Crippen LogP contribution in [0.15, 0.2) is 66.3 Å². The largest absolute Gasteiger partial charge is 0.495 e. The number of thioether (sulfide) groups is 1. The van der Waals surface area contributed by atoms with Gasteiger partial charge in [-0.3, -0.25) is 9.59 Å². The fraction of sp³-hybridized carbons (Fsp3) is 0.280. The van der Waals surface area contributed by atoms with Gasteiger partial charge in [0, 0.05) is 17.1 Å². The van der Waals surface area contributed by atoms with Crippen LogP contribution in [-0.2, 0) is 11.3 Å². The number of nitrogens with zero attached hydrogens (tertiary/aromatic N) is 3. The van der Waals surface area contributed by atoms with Crippen LogP contribution in [0.25, 0.3) is 0 Å². The van der Waals surface area contributed by atoms with Gasteiger partial charge in [-0.2, -0.15) is 0 Å². The Hall–Kier alpha value is -3.30. The summed E-state index contributed by atoms with van der Waals surface area (Å²) in [6.45, 7) is 8.26. The first kappa shape index (κ1) is 26.3. The minimum Gasteiger partial charge on any atom is -0.495 e. The SMILES string of the molecule is C=CCn1c(SCC(=O)Nc2cc(Cl)ccc2OC)nnc1[C@@H](NC(=O)c1ccccc1)C(C)C. The Morgan fingerprint density at radius 2 is 1.94 bits per heavy atom. The van der Waals surface area contributed by atoms with Gasteiger partial charge in [-0.25, -0.2) is 0 Å². The molecule has 2 N–H and O–H groups in total. The molecule has 10 heteroatoms. The molecule has 0 radical (unpaired) electrons. The van der Waals surface area contributed by atoms with E-state index in [-0.39, 0.29) is 29.5 Å². The molecule has 1 heterocycles. The van der Waals surface area contributed by atoms with Crippen molar-refractivity contribution >= 4 is 40.9 Å². The van der Waals surface area contributed by atoms with E-state index in [0.717, 1.165) is 0 Å². The number of hydrogen-bond acceptors (Lipinski definition) is 6. The number of rotatable bonds is 11. The van der Waals surface area contributed by atoms with E-state index < -0.39 is 0 Å². The number of allylic oxidation sites excluding steroid dienone is 1. The van der Waals surface area contributed by atoms with Crippen molar-refractivity contribution in [2.75, 3.05) is 18.2 Å². The summed E-state index contributed by atoms with van der Waals surface area (Å²) in [7, 11) is 1.52. The van der Waals surface area contributed by atoms with E-state index in [9.17, 15) is 9.59 Å². The molecule has 0 saturated heterocycles. The summed E-state index contributed by atoms with van der Waals surface area (Å²) in [5.74, 6) is 0.812. The zero-order chi connectivity index (χ0) is 25.4. The molecule has 0 unspecified atom stereocenters. The smallest absolute Gasteiger partial charge is 0.251 e. The van der Waals surface area contributed by atoms with Crippen LogP contribution in [0.2, 0.25) is 5.02 Å². The van der Waals surface area contributed by atoms with Gasteiger partial charge in [0.25, 0.3) is 5.91 Å². The van der Waals surface area contributed by atoms with Crippen LogP contribution in [0.4, 0.5) is 5.69 Å². The maximum absolute atomic E-state index is 12.8. The summed E-state index contributed by atoms with van der Waals surface area (Å²) in [6, 6.07) is 13.6. The number of ether oxygens (including phenoxy) is 1. The number of halogens is 1. The molecule has 2 amide bonds. The van der Waals surface area contributed by atoms with Gasteiger partial charge in [0.2, 0.25) is 5.91 Å². The lowest BCUT2D eigenvalue weighted by atomic mass is 10.0. The van der Waals surface area contributed by atoms with Crippen molar-refractivity contribution < 1.29 is 14.3 Å². The highest BCUT2D eigenvalue weighted by Gasteiger charge is 2.26. The molecule has 3 aromatic rings. The van der Waals surface area contributed by atoms with Crippen LogP contribution in [0.5, 0.6) is 5.75 Å². The van der Waals surface area contributed by atoms with Gasteiger partial charge in [0.15, 0.2) is 11.0 Å².